The molecule has 1 amide bonds. The molecule has 1 heterocycles. The van der Waals surface area contributed by atoms with E-state index in [1.165, 1.54) is 0 Å². The molecule has 0 saturated heterocycles. The number of nitrogens with two attached hydrogens (primary N) is 1. The quantitative estimate of drug-likeness (QED) is 0.806. The first-order valence-electron chi connectivity index (χ1n) is 6.14. The van der Waals surface area contributed by atoms with Crippen LogP contribution in [0, 0.1) is 0 Å². The van der Waals surface area contributed by atoms with Gasteiger partial charge in [0.1, 0.15) is 0 Å². The summed E-state index contributed by atoms with van der Waals surface area (Å²) in [7, 11) is 0. The van der Waals surface area contributed by atoms with Gasteiger partial charge in [0.25, 0.3) is 0 Å². The number of aromatic nitrogens is 2. The Bertz CT molecular complexity index is 331. The summed E-state index contributed by atoms with van der Waals surface area (Å²) in [6.07, 6.45) is 5.70. The normalized spacial score (nSPS) is 10.3. The fourth-order valence-corrected chi connectivity index (χ4v) is 1.77. The number of hydrogen-bond donors (Lipinski definition) is 2. The molecule has 0 aromatic carbocycles. The van der Waals surface area contributed by atoms with Crippen LogP contribution >= 0.6 is 24.8 Å². The van der Waals surface area contributed by atoms with E-state index in [2.05, 4.69) is 10.4 Å². The van der Waals surface area contributed by atoms with Crippen LogP contribution in [0.1, 0.15) is 33.1 Å². The Morgan fingerprint density at radius 2 is 2.00 bits per heavy atom. The molecule has 112 valence electrons. The zero-order chi connectivity index (χ0) is 12.7. The molecule has 0 fully saturated rings. The second-order valence-corrected chi connectivity index (χ2v) is 4.26. The first kappa shape index (κ1) is 20.5. The molecule has 0 spiro atoms. The molecule has 1 aromatic rings. The van der Waals surface area contributed by atoms with Gasteiger partial charge in [-0.3, -0.25) is 9.48 Å². The van der Waals surface area contributed by atoms with Crippen LogP contribution in [0.2, 0.25) is 0 Å². The monoisotopic (exact) mass is 310 g/mol. The average molecular weight is 311 g/mol. The van der Waals surface area contributed by atoms with Crippen molar-refractivity contribution in [3.63, 3.8) is 0 Å². The third-order valence-corrected chi connectivity index (χ3v) is 3.28. The highest BCUT2D eigenvalue weighted by atomic mass is 35.5. The molecule has 7 heteroatoms. The number of nitrogens with zero attached hydrogens (tertiary/aromatic N) is 2. The van der Waals surface area contributed by atoms with Gasteiger partial charge in [-0.2, -0.15) is 5.10 Å². The van der Waals surface area contributed by atoms with Crippen LogP contribution in [0.5, 0.6) is 0 Å². The number of halogens is 2. The molecule has 0 saturated carbocycles. The van der Waals surface area contributed by atoms with Crippen molar-refractivity contribution in [3.05, 3.63) is 18.5 Å². The zero-order valence-corrected chi connectivity index (χ0v) is 13.1. The van der Waals surface area contributed by atoms with Gasteiger partial charge in [0.15, 0.2) is 0 Å². The van der Waals surface area contributed by atoms with Crippen LogP contribution in [0.4, 0.5) is 0 Å². The van der Waals surface area contributed by atoms with Crippen molar-refractivity contribution in [3.8, 4) is 0 Å². The fourth-order valence-electron chi connectivity index (χ4n) is 1.77. The third-order valence-electron chi connectivity index (χ3n) is 3.28. The maximum absolute atomic E-state index is 11.8. The number of carbonyl (C=O) groups is 1. The molecule has 0 aliphatic heterocycles. The van der Waals surface area contributed by atoms with Gasteiger partial charge in [-0.1, -0.05) is 13.8 Å². The predicted molar refractivity (Wildman–Crippen MR) is 81.9 cm³/mol. The van der Waals surface area contributed by atoms with Gasteiger partial charge in [0.2, 0.25) is 5.91 Å². The Labute approximate surface area is 127 Å². The lowest BCUT2D eigenvalue weighted by Gasteiger charge is -2.31. The Morgan fingerprint density at radius 1 is 1.37 bits per heavy atom. The summed E-state index contributed by atoms with van der Waals surface area (Å²) in [5.74, 6) is 0.0367. The molecule has 0 aliphatic rings. The Morgan fingerprint density at radius 3 is 2.42 bits per heavy atom. The van der Waals surface area contributed by atoms with Gasteiger partial charge in [-0.25, -0.2) is 0 Å². The van der Waals surface area contributed by atoms with Crippen molar-refractivity contribution < 1.29 is 4.79 Å². The first-order chi connectivity index (χ1) is 8.15. The molecule has 1 aromatic heterocycles. The summed E-state index contributed by atoms with van der Waals surface area (Å²) in [6, 6.07) is 1.85. The van der Waals surface area contributed by atoms with Gasteiger partial charge >= 0.3 is 0 Å². The molecule has 1 rings (SSSR count). The van der Waals surface area contributed by atoms with E-state index in [9.17, 15) is 4.79 Å². The smallest absolute Gasteiger partial charge is 0.222 e. The average Bonchev–Trinajstić information content (AvgIpc) is 2.87. The molecule has 19 heavy (non-hydrogen) atoms. The molecule has 5 nitrogen and oxygen atoms in total. The molecule has 0 atom stereocenters. The van der Waals surface area contributed by atoms with Crippen molar-refractivity contribution in [1.82, 2.24) is 15.1 Å². The lowest BCUT2D eigenvalue weighted by molar-refractivity contribution is -0.123. The Balaban J connectivity index is 0. The summed E-state index contributed by atoms with van der Waals surface area (Å²) in [5.41, 5.74) is 5.49. The highest BCUT2D eigenvalue weighted by molar-refractivity contribution is 5.85. The molecular formula is C12H24Cl2N4O. The highest BCUT2D eigenvalue weighted by Gasteiger charge is 2.25. The van der Waals surface area contributed by atoms with E-state index in [4.69, 9.17) is 5.73 Å². The van der Waals surface area contributed by atoms with Crippen LogP contribution < -0.4 is 11.1 Å². The molecule has 0 aliphatic carbocycles. The summed E-state index contributed by atoms with van der Waals surface area (Å²) in [5, 5.41) is 7.09. The van der Waals surface area contributed by atoms with E-state index < -0.39 is 0 Å². The first-order valence-corrected chi connectivity index (χ1v) is 6.14. The second-order valence-electron chi connectivity index (χ2n) is 4.26. The minimum absolute atomic E-state index is 0. The summed E-state index contributed by atoms with van der Waals surface area (Å²) < 4.78 is 1.75. The maximum atomic E-state index is 11.8. The number of carbonyl (C=O) groups excluding carboxylic acids is 1. The van der Waals surface area contributed by atoms with E-state index >= 15 is 0 Å². The van der Waals surface area contributed by atoms with Gasteiger partial charge in [-0.15, -0.1) is 24.8 Å². The second kappa shape index (κ2) is 10.1. The lowest BCUT2D eigenvalue weighted by Crippen LogP contribution is -2.53. The Hall–Kier alpha value is -0.780. The largest absolute Gasteiger partial charge is 0.349 e. The van der Waals surface area contributed by atoms with Crippen molar-refractivity contribution >= 4 is 30.7 Å². The van der Waals surface area contributed by atoms with E-state index in [0.29, 0.717) is 19.5 Å². The number of amides is 1. The van der Waals surface area contributed by atoms with Crippen LogP contribution in [-0.4, -0.2) is 27.8 Å². The standard InChI is InChI=1S/C12H22N4O.2ClH/c1-3-12(4-2,10-13)15-11(17)6-9-16-8-5-7-14-16;;/h5,7-8H,3-4,6,9-10,13H2,1-2H3,(H,15,17);2*1H. The number of aryl methyl sites for hydroxylation is 1. The van der Waals surface area contributed by atoms with Crippen LogP contribution in [0.3, 0.4) is 0 Å². The summed E-state index contributed by atoms with van der Waals surface area (Å²) in [6.45, 7) is 5.18. The summed E-state index contributed by atoms with van der Waals surface area (Å²) >= 11 is 0. The highest BCUT2D eigenvalue weighted by Crippen LogP contribution is 2.13. The van der Waals surface area contributed by atoms with Crippen LogP contribution in [0.25, 0.3) is 0 Å². The Kier molecular flexibility index (Phi) is 10.9. The topological polar surface area (TPSA) is 72.9 Å². The summed E-state index contributed by atoms with van der Waals surface area (Å²) in [4.78, 5) is 11.8. The van der Waals surface area contributed by atoms with Crippen LogP contribution in [-0.2, 0) is 11.3 Å². The van der Waals surface area contributed by atoms with Crippen molar-refractivity contribution in [2.75, 3.05) is 6.54 Å². The molecular weight excluding hydrogens is 287 g/mol. The van der Waals surface area contributed by atoms with Gasteiger partial charge in [-0.05, 0) is 18.9 Å². The van der Waals surface area contributed by atoms with Crippen molar-refractivity contribution in [1.29, 1.82) is 0 Å². The molecule has 3 N–H and O–H groups in total. The predicted octanol–water partition coefficient (Wildman–Crippen LogP) is 1.75. The molecule has 0 radical (unpaired) electrons. The lowest BCUT2D eigenvalue weighted by atomic mass is 9.93. The zero-order valence-electron chi connectivity index (χ0n) is 11.5. The van der Waals surface area contributed by atoms with E-state index in [1.54, 1.807) is 10.9 Å². The van der Waals surface area contributed by atoms with E-state index in [0.717, 1.165) is 12.8 Å². The number of hydrogen-bond acceptors (Lipinski definition) is 3. The van der Waals surface area contributed by atoms with Crippen LogP contribution in [0.15, 0.2) is 18.5 Å². The third kappa shape index (κ3) is 6.27. The number of rotatable bonds is 7. The minimum atomic E-state index is -0.249. The van der Waals surface area contributed by atoms with Crippen molar-refractivity contribution in [2.24, 2.45) is 5.73 Å². The molecule has 0 bridgehead atoms. The maximum Gasteiger partial charge on any atom is 0.222 e. The van der Waals surface area contributed by atoms with Gasteiger partial charge in [0, 0.05) is 31.9 Å². The number of nitrogens with one attached hydrogen (secondary N) is 1. The van der Waals surface area contributed by atoms with E-state index in [-0.39, 0.29) is 36.3 Å². The molecule has 0 unspecified atom stereocenters. The fraction of sp³-hybridized carbons (Fsp3) is 0.667. The van der Waals surface area contributed by atoms with Crippen molar-refractivity contribution in [2.45, 2.75) is 45.2 Å². The van der Waals surface area contributed by atoms with E-state index in [1.807, 2.05) is 26.1 Å². The van der Waals surface area contributed by atoms with Gasteiger partial charge in [0.05, 0.1) is 5.54 Å². The SMILES string of the molecule is CCC(CC)(CN)NC(=O)CCn1cccn1.Cl.Cl. The van der Waals surface area contributed by atoms with Gasteiger partial charge < -0.3 is 11.1 Å². The minimum Gasteiger partial charge on any atom is -0.349 e.